The molecule has 1 spiro atoms. The number of hydrogen-bond donors (Lipinski definition) is 1. The van der Waals surface area contributed by atoms with Gasteiger partial charge < -0.3 is 10.0 Å². The quantitative estimate of drug-likeness (QED) is 0.781. The van der Waals surface area contributed by atoms with Crippen LogP contribution in [0.4, 0.5) is 13.2 Å². The van der Waals surface area contributed by atoms with Gasteiger partial charge in [0.25, 0.3) is 0 Å². The Morgan fingerprint density at radius 1 is 1.28 bits per heavy atom. The number of carboxylic acid groups (broad SMARTS) is 1. The molecule has 4 nitrogen and oxygen atoms in total. The number of halogens is 3. The average molecular weight is 263 g/mol. The predicted molar refractivity (Wildman–Crippen MR) is 54.6 cm³/mol. The van der Waals surface area contributed by atoms with Crippen LogP contribution in [0.3, 0.4) is 0 Å². The molecule has 1 aliphatic heterocycles. The van der Waals surface area contributed by atoms with Gasteiger partial charge in [0.15, 0.2) is 0 Å². The van der Waals surface area contributed by atoms with Crippen LogP contribution in [0.1, 0.15) is 19.3 Å². The monoisotopic (exact) mass is 263 g/mol. The first-order valence-corrected chi connectivity index (χ1v) is 5.55. The topological polar surface area (TPSA) is 57.6 Å². The molecule has 0 aromatic rings. The zero-order valence-electron chi connectivity index (χ0n) is 9.46. The fourth-order valence-electron chi connectivity index (χ4n) is 2.51. The first kappa shape index (κ1) is 12.9. The Hall–Kier alpha value is -1.53. The van der Waals surface area contributed by atoms with E-state index in [2.05, 4.69) is 0 Å². The van der Waals surface area contributed by atoms with E-state index in [-0.39, 0.29) is 18.5 Å². The van der Waals surface area contributed by atoms with Crippen LogP contribution in [0.5, 0.6) is 0 Å². The van der Waals surface area contributed by atoms with Crippen molar-refractivity contribution in [3.8, 4) is 0 Å². The summed E-state index contributed by atoms with van der Waals surface area (Å²) >= 11 is 0. The molecule has 1 fully saturated rings. The number of amides is 1. The van der Waals surface area contributed by atoms with Crippen molar-refractivity contribution in [2.45, 2.75) is 25.4 Å². The Bertz CT molecular complexity index is 420. The van der Waals surface area contributed by atoms with Gasteiger partial charge in [0.05, 0.1) is 0 Å². The summed E-state index contributed by atoms with van der Waals surface area (Å²) in [7, 11) is 0. The minimum absolute atomic E-state index is 0.0295. The molecule has 1 aliphatic carbocycles. The van der Waals surface area contributed by atoms with Crippen LogP contribution in [-0.4, -0.2) is 41.1 Å². The van der Waals surface area contributed by atoms with E-state index in [1.807, 2.05) is 0 Å². The SMILES string of the molecule is O=C(O)C1=CC2(CCN(C(=O)C(F)(F)F)CC2)C1. The van der Waals surface area contributed by atoms with Crippen LogP contribution in [0, 0.1) is 5.41 Å². The van der Waals surface area contributed by atoms with Gasteiger partial charge in [0.2, 0.25) is 0 Å². The number of carbonyl (C=O) groups is 2. The molecular formula is C11H12F3NO3. The highest BCUT2D eigenvalue weighted by atomic mass is 19.4. The third-order valence-corrected chi connectivity index (χ3v) is 3.59. The number of piperidine rings is 1. The number of allylic oxidation sites excluding steroid dienone is 1. The number of carbonyl (C=O) groups excluding carboxylic acids is 1. The molecule has 0 aromatic carbocycles. The van der Waals surface area contributed by atoms with E-state index in [9.17, 15) is 22.8 Å². The molecule has 2 rings (SSSR count). The number of carboxylic acids is 1. The van der Waals surface area contributed by atoms with Crippen molar-refractivity contribution in [2.75, 3.05) is 13.1 Å². The van der Waals surface area contributed by atoms with Gasteiger partial charge in [0, 0.05) is 18.7 Å². The average Bonchev–Trinajstić information content (AvgIpc) is 2.23. The van der Waals surface area contributed by atoms with Crippen LogP contribution < -0.4 is 0 Å². The molecule has 0 aromatic heterocycles. The molecule has 1 amide bonds. The van der Waals surface area contributed by atoms with Crippen LogP contribution >= 0.6 is 0 Å². The van der Waals surface area contributed by atoms with Gasteiger partial charge in [-0.15, -0.1) is 0 Å². The van der Waals surface area contributed by atoms with Gasteiger partial charge in [-0.25, -0.2) is 4.79 Å². The summed E-state index contributed by atoms with van der Waals surface area (Å²) in [6, 6.07) is 0. The second-order valence-corrected chi connectivity index (χ2v) is 4.80. The molecule has 0 radical (unpaired) electrons. The van der Waals surface area contributed by atoms with Crippen molar-refractivity contribution in [1.29, 1.82) is 0 Å². The molecule has 0 atom stereocenters. The fraction of sp³-hybridized carbons (Fsp3) is 0.636. The predicted octanol–water partition coefficient (Wildman–Crippen LogP) is 1.57. The molecule has 2 aliphatic rings. The lowest BCUT2D eigenvalue weighted by Gasteiger charge is -2.45. The number of hydrogen-bond acceptors (Lipinski definition) is 2. The number of alkyl halides is 3. The zero-order valence-corrected chi connectivity index (χ0v) is 9.46. The third kappa shape index (κ3) is 2.21. The van der Waals surface area contributed by atoms with Gasteiger partial charge >= 0.3 is 18.1 Å². The zero-order chi connectivity index (χ0) is 13.6. The molecule has 0 unspecified atom stereocenters. The van der Waals surface area contributed by atoms with Crippen LogP contribution in [-0.2, 0) is 9.59 Å². The largest absolute Gasteiger partial charge is 0.478 e. The van der Waals surface area contributed by atoms with E-state index in [4.69, 9.17) is 5.11 Å². The summed E-state index contributed by atoms with van der Waals surface area (Å²) < 4.78 is 36.6. The summed E-state index contributed by atoms with van der Waals surface area (Å²) in [5.74, 6) is -2.78. The van der Waals surface area contributed by atoms with Crippen molar-refractivity contribution in [1.82, 2.24) is 4.90 Å². The Kier molecular flexibility index (Phi) is 2.87. The minimum Gasteiger partial charge on any atom is -0.478 e. The molecule has 18 heavy (non-hydrogen) atoms. The maximum absolute atomic E-state index is 12.2. The van der Waals surface area contributed by atoms with Gasteiger partial charge in [-0.1, -0.05) is 6.08 Å². The van der Waals surface area contributed by atoms with E-state index in [1.165, 1.54) is 0 Å². The molecular weight excluding hydrogens is 251 g/mol. The van der Waals surface area contributed by atoms with Crippen LogP contribution in [0.2, 0.25) is 0 Å². The van der Waals surface area contributed by atoms with Gasteiger partial charge in [0.1, 0.15) is 0 Å². The highest BCUT2D eigenvalue weighted by molar-refractivity contribution is 5.89. The Morgan fingerprint density at radius 2 is 1.78 bits per heavy atom. The summed E-state index contributed by atoms with van der Waals surface area (Å²) in [6.07, 6.45) is -2.04. The molecule has 0 saturated carbocycles. The molecule has 100 valence electrons. The number of likely N-dealkylation sites (tertiary alicyclic amines) is 1. The summed E-state index contributed by atoms with van der Waals surface area (Å²) in [4.78, 5) is 22.4. The number of aliphatic carboxylic acids is 1. The summed E-state index contributed by atoms with van der Waals surface area (Å²) in [5.41, 5.74) is 0.00132. The first-order chi connectivity index (χ1) is 8.23. The first-order valence-electron chi connectivity index (χ1n) is 5.55. The Labute approximate surface area is 101 Å². The summed E-state index contributed by atoms with van der Waals surface area (Å²) in [5, 5.41) is 8.71. The van der Waals surface area contributed by atoms with Crippen molar-refractivity contribution >= 4 is 11.9 Å². The van der Waals surface area contributed by atoms with E-state index in [0.29, 0.717) is 24.8 Å². The lowest BCUT2D eigenvalue weighted by Crippen LogP contribution is -2.49. The van der Waals surface area contributed by atoms with Gasteiger partial charge in [-0.2, -0.15) is 13.2 Å². The van der Waals surface area contributed by atoms with Crippen molar-refractivity contribution in [3.05, 3.63) is 11.6 Å². The van der Waals surface area contributed by atoms with Crippen molar-refractivity contribution < 1.29 is 27.9 Å². The lowest BCUT2D eigenvalue weighted by molar-refractivity contribution is -0.187. The second-order valence-electron chi connectivity index (χ2n) is 4.80. The lowest BCUT2D eigenvalue weighted by atomic mass is 9.65. The molecule has 1 saturated heterocycles. The highest BCUT2D eigenvalue weighted by Gasteiger charge is 2.47. The van der Waals surface area contributed by atoms with Crippen LogP contribution in [0.15, 0.2) is 11.6 Å². The standard InChI is InChI=1S/C11H12F3NO3/c12-11(13,14)9(18)15-3-1-10(2-4-15)5-7(6-10)8(16)17/h5H,1-4,6H2,(H,16,17). The molecule has 1 N–H and O–H groups in total. The maximum atomic E-state index is 12.2. The summed E-state index contributed by atoms with van der Waals surface area (Å²) in [6.45, 7) is 0.0590. The van der Waals surface area contributed by atoms with E-state index >= 15 is 0 Å². The molecule has 1 heterocycles. The minimum atomic E-state index is -4.83. The van der Waals surface area contributed by atoms with Crippen molar-refractivity contribution in [3.63, 3.8) is 0 Å². The van der Waals surface area contributed by atoms with E-state index in [0.717, 1.165) is 4.90 Å². The van der Waals surface area contributed by atoms with E-state index in [1.54, 1.807) is 6.08 Å². The highest BCUT2D eigenvalue weighted by Crippen LogP contribution is 2.47. The number of nitrogens with zero attached hydrogens (tertiary/aromatic N) is 1. The third-order valence-electron chi connectivity index (χ3n) is 3.59. The fourth-order valence-corrected chi connectivity index (χ4v) is 2.51. The second kappa shape index (κ2) is 4.00. The Balaban J connectivity index is 1.95. The van der Waals surface area contributed by atoms with Crippen molar-refractivity contribution in [2.24, 2.45) is 5.41 Å². The molecule has 0 bridgehead atoms. The molecule has 7 heteroatoms. The van der Waals surface area contributed by atoms with Crippen LogP contribution in [0.25, 0.3) is 0 Å². The van der Waals surface area contributed by atoms with Gasteiger partial charge in [-0.3, -0.25) is 4.79 Å². The Morgan fingerprint density at radius 3 is 2.17 bits per heavy atom. The number of rotatable bonds is 1. The smallest absolute Gasteiger partial charge is 0.471 e. The maximum Gasteiger partial charge on any atom is 0.471 e. The normalized spacial score (nSPS) is 22.4. The van der Waals surface area contributed by atoms with E-state index < -0.39 is 18.1 Å². The van der Waals surface area contributed by atoms with Gasteiger partial charge in [-0.05, 0) is 24.7 Å².